The minimum absolute atomic E-state index is 0.00398. The normalized spacial score (nSPS) is 16.3. The van der Waals surface area contributed by atoms with Crippen LogP contribution in [0.4, 0.5) is 0 Å². The molecule has 8 nitrogen and oxygen atoms in total. The van der Waals surface area contributed by atoms with Crippen molar-refractivity contribution in [3.8, 4) is 17.2 Å². The maximum Gasteiger partial charge on any atom is 0.295 e. The number of ether oxygens (including phenoxy) is 2. The summed E-state index contributed by atoms with van der Waals surface area (Å²) in [6.45, 7) is 11.6. The minimum atomic E-state index is -0.834. The summed E-state index contributed by atoms with van der Waals surface area (Å²) >= 11 is 0. The number of likely N-dealkylation sites (tertiary alicyclic amines) is 1. The van der Waals surface area contributed by atoms with Crippen molar-refractivity contribution in [1.29, 1.82) is 0 Å². The molecule has 1 aliphatic rings. The van der Waals surface area contributed by atoms with Crippen LogP contribution in [-0.4, -0.2) is 64.5 Å². The van der Waals surface area contributed by atoms with Crippen LogP contribution in [0.3, 0.4) is 0 Å². The fraction of sp³-hybridized carbons (Fsp3) is 0.353. The van der Waals surface area contributed by atoms with Gasteiger partial charge in [-0.3, -0.25) is 9.59 Å². The first-order valence-electron chi connectivity index (χ1n) is 14.5. The van der Waals surface area contributed by atoms with Crippen molar-refractivity contribution >= 4 is 17.4 Å². The molecule has 3 aromatic carbocycles. The highest BCUT2D eigenvalue weighted by atomic mass is 16.5. The molecule has 42 heavy (non-hydrogen) atoms. The first-order valence-corrected chi connectivity index (χ1v) is 14.5. The minimum Gasteiger partial charge on any atom is -0.507 e. The lowest BCUT2D eigenvalue weighted by Gasteiger charge is -2.27. The number of hydrogen-bond acceptors (Lipinski definition) is 7. The van der Waals surface area contributed by atoms with E-state index in [-0.39, 0.29) is 22.8 Å². The monoisotopic (exact) mass is 572 g/mol. The number of Topliss-reactive ketones (excluding diaryl/α,β-unsaturated/α-hetero) is 1. The Kier molecular flexibility index (Phi) is 10.3. The van der Waals surface area contributed by atoms with Gasteiger partial charge in [0.05, 0.1) is 18.2 Å². The van der Waals surface area contributed by atoms with E-state index in [2.05, 4.69) is 18.7 Å². The van der Waals surface area contributed by atoms with Crippen molar-refractivity contribution in [3.63, 3.8) is 0 Å². The number of phenols is 1. The molecular weight excluding hydrogens is 532 g/mol. The van der Waals surface area contributed by atoms with Crippen LogP contribution in [0.25, 0.3) is 5.76 Å². The zero-order chi connectivity index (χ0) is 30.2. The van der Waals surface area contributed by atoms with Crippen LogP contribution in [0, 0.1) is 6.92 Å². The Morgan fingerprint density at radius 1 is 0.929 bits per heavy atom. The number of carbonyl (C=O) groups is 2. The number of aliphatic hydroxyl groups excluding tert-OH is 1. The number of hydrogen-bond donors (Lipinski definition) is 2. The van der Waals surface area contributed by atoms with Crippen LogP contribution in [0.5, 0.6) is 17.2 Å². The first kappa shape index (κ1) is 30.7. The smallest absolute Gasteiger partial charge is 0.295 e. The third-order valence-corrected chi connectivity index (χ3v) is 7.56. The molecule has 1 heterocycles. The Hall–Kier alpha value is -4.30. The summed E-state index contributed by atoms with van der Waals surface area (Å²) in [5.74, 6) is -0.850. The molecule has 0 spiro atoms. The Morgan fingerprint density at radius 3 is 2.26 bits per heavy atom. The fourth-order valence-corrected chi connectivity index (χ4v) is 5.15. The molecule has 1 aliphatic heterocycles. The second-order valence-corrected chi connectivity index (χ2v) is 10.3. The Morgan fingerprint density at radius 2 is 1.62 bits per heavy atom. The van der Waals surface area contributed by atoms with Crippen LogP contribution >= 0.6 is 0 Å². The van der Waals surface area contributed by atoms with Gasteiger partial charge in [-0.25, -0.2) is 0 Å². The van der Waals surface area contributed by atoms with E-state index in [1.807, 2.05) is 31.2 Å². The van der Waals surface area contributed by atoms with Crippen LogP contribution in [0.2, 0.25) is 0 Å². The van der Waals surface area contributed by atoms with Gasteiger partial charge >= 0.3 is 0 Å². The highest BCUT2D eigenvalue weighted by molar-refractivity contribution is 6.46. The third kappa shape index (κ3) is 6.94. The van der Waals surface area contributed by atoms with E-state index in [9.17, 15) is 19.8 Å². The van der Waals surface area contributed by atoms with E-state index in [0.29, 0.717) is 43.1 Å². The van der Waals surface area contributed by atoms with E-state index < -0.39 is 17.7 Å². The van der Waals surface area contributed by atoms with Gasteiger partial charge < -0.3 is 29.5 Å². The van der Waals surface area contributed by atoms with Crippen molar-refractivity contribution in [2.45, 2.75) is 46.8 Å². The van der Waals surface area contributed by atoms with Gasteiger partial charge in [0.15, 0.2) is 11.5 Å². The third-order valence-electron chi connectivity index (χ3n) is 7.56. The summed E-state index contributed by atoms with van der Waals surface area (Å²) in [4.78, 5) is 30.5. The van der Waals surface area contributed by atoms with Crippen molar-refractivity contribution in [1.82, 2.24) is 9.80 Å². The maximum absolute atomic E-state index is 13.4. The van der Waals surface area contributed by atoms with Gasteiger partial charge in [-0.15, -0.1) is 0 Å². The van der Waals surface area contributed by atoms with Gasteiger partial charge in [-0.05, 0) is 87.4 Å². The molecule has 1 atom stereocenters. The molecular formula is C34H40N2O6. The standard InChI is InChI=1S/C34H40N2O6/c1-5-35(6-2)19-8-20-36-31(26-15-18-28(37)29(21-26)41-7-3)30(33(39)34(36)40)32(38)25-13-16-27(17-14-25)42-22-24-11-9-23(4)10-12-24/h9-18,21,31,37-38H,5-8,19-20,22H2,1-4H3/t31-/m1/s1. The summed E-state index contributed by atoms with van der Waals surface area (Å²) in [6, 6.07) is 18.8. The topological polar surface area (TPSA) is 99.5 Å². The highest BCUT2D eigenvalue weighted by Gasteiger charge is 2.46. The molecule has 1 saturated heterocycles. The van der Waals surface area contributed by atoms with Crippen molar-refractivity contribution < 1.29 is 29.3 Å². The SMILES string of the molecule is CCOc1cc([C@@H]2C(=C(O)c3ccc(OCc4ccc(C)cc4)cc3)C(=O)C(=O)N2CCCN(CC)CC)ccc1O. The van der Waals surface area contributed by atoms with E-state index in [4.69, 9.17) is 9.47 Å². The molecule has 3 aromatic rings. The summed E-state index contributed by atoms with van der Waals surface area (Å²) in [6.07, 6.45) is 0.661. The quantitative estimate of drug-likeness (QED) is 0.151. The predicted octanol–water partition coefficient (Wildman–Crippen LogP) is 5.83. The van der Waals surface area contributed by atoms with Gasteiger partial charge in [0, 0.05) is 12.1 Å². The molecule has 4 rings (SSSR count). The second kappa shape index (κ2) is 14.0. The summed E-state index contributed by atoms with van der Waals surface area (Å²) < 4.78 is 11.5. The van der Waals surface area contributed by atoms with Crippen LogP contribution < -0.4 is 9.47 Å². The summed E-state index contributed by atoms with van der Waals surface area (Å²) in [5.41, 5.74) is 3.18. The number of carbonyl (C=O) groups excluding carboxylic acids is 2. The largest absolute Gasteiger partial charge is 0.507 e. The summed E-state index contributed by atoms with van der Waals surface area (Å²) in [7, 11) is 0. The molecule has 1 amide bonds. The highest BCUT2D eigenvalue weighted by Crippen LogP contribution is 2.42. The summed E-state index contributed by atoms with van der Waals surface area (Å²) in [5, 5.41) is 21.7. The van der Waals surface area contributed by atoms with E-state index in [0.717, 1.165) is 25.2 Å². The van der Waals surface area contributed by atoms with Crippen LogP contribution in [0.15, 0.2) is 72.3 Å². The number of benzene rings is 3. The second-order valence-electron chi connectivity index (χ2n) is 10.3. The number of amides is 1. The molecule has 8 heteroatoms. The van der Waals surface area contributed by atoms with Gasteiger partial charge in [0.1, 0.15) is 18.1 Å². The molecule has 222 valence electrons. The molecule has 0 bridgehead atoms. The average Bonchev–Trinajstić information content (AvgIpc) is 3.25. The number of aryl methyl sites for hydroxylation is 1. The fourth-order valence-electron chi connectivity index (χ4n) is 5.15. The first-order chi connectivity index (χ1) is 20.3. The van der Waals surface area contributed by atoms with E-state index in [1.165, 1.54) is 16.5 Å². The van der Waals surface area contributed by atoms with Crippen molar-refractivity contribution in [3.05, 3.63) is 94.6 Å². The average molecular weight is 573 g/mol. The van der Waals surface area contributed by atoms with Crippen LogP contribution in [-0.2, 0) is 16.2 Å². The lowest BCUT2D eigenvalue weighted by atomic mass is 9.95. The number of phenolic OH excluding ortho intramolecular Hbond substituents is 1. The predicted molar refractivity (Wildman–Crippen MR) is 163 cm³/mol. The maximum atomic E-state index is 13.4. The number of aliphatic hydroxyl groups is 1. The zero-order valence-electron chi connectivity index (χ0n) is 24.8. The number of rotatable bonds is 13. The number of ketones is 1. The van der Waals surface area contributed by atoms with Gasteiger partial charge in [0.25, 0.3) is 11.7 Å². The van der Waals surface area contributed by atoms with Crippen LogP contribution in [0.1, 0.15) is 55.5 Å². The molecule has 0 aliphatic carbocycles. The van der Waals surface area contributed by atoms with E-state index >= 15 is 0 Å². The Labute approximate surface area is 247 Å². The van der Waals surface area contributed by atoms with Crippen molar-refractivity contribution in [2.24, 2.45) is 0 Å². The molecule has 2 N–H and O–H groups in total. The Balaban J connectivity index is 1.65. The number of nitrogens with zero attached hydrogens (tertiary/aromatic N) is 2. The molecule has 0 saturated carbocycles. The van der Waals surface area contributed by atoms with E-state index in [1.54, 1.807) is 43.3 Å². The number of aromatic hydroxyl groups is 1. The Bertz CT molecular complexity index is 1410. The van der Waals surface area contributed by atoms with Gasteiger partial charge in [0.2, 0.25) is 0 Å². The van der Waals surface area contributed by atoms with Crippen molar-refractivity contribution in [2.75, 3.05) is 32.8 Å². The zero-order valence-corrected chi connectivity index (χ0v) is 24.8. The lowest BCUT2D eigenvalue weighted by Crippen LogP contribution is -2.33. The molecule has 1 fully saturated rings. The molecule has 0 aromatic heterocycles. The molecule has 0 unspecified atom stereocenters. The van der Waals surface area contributed by atoms with Gasteiger partial charge in [-0.2, -0.15) is 0 Å². The lowest BCUT2D eigenvalue weighted by molar-refractivity contribution is -0.140. The molecule has 0 radical (unpaired) electrons. The van der Waals surface area contributed by atoms with Gasteiger partial charge in [-0.1, -0.05) is 49.7 Å².